The zero-order valence-electron chi connectivity index (χ0n) is 17.1. The normalized spacial score (nSPS) is 16.7. The van der Waals surface area contributed by atoms with E-state index >= 15 is 0 Å². The first kappa shape index (κ1) is 21.4. The molecular weight excluding hydrogens is 430 g/mol. The number of amides is 1. The molecule has 0 spiro atoms. The number of hydrogen-bond donors (Lipinski definition) is 0. The van der Waals surface area contributed by atoms with Gasteiger partial charge in [-0.1, -0.05) is 28.1 Å². The number of ether oxygens (including phenoxy) is 1. The summed E-state index contributed by atoms with van der Waals surface area (Å²) in [5.41, 5.74) is 4.21. The van der Waals surface area contributed by atoms with E-state index < -0.39 is 0 Å². The van der Waals surface area contributed by atoms with E-state index in [2.05, 4.69) is 26.6 Å². The van der Waals surface area contributed by atoms with Gasteiger partial charge >= 0.3 is 0 Å². The summed E-state index contributed by atoms with van der Waals surface area (Å²) < 4.78 is 8.97. The highest BCUT2D eigenvalue weighted by Gasteiger charge is 2.20. The number of halogens is 1. The maximum absolute atomic E-state index is 12.8. The van der Waals surface area contributed by atoms with Crippen molar-refractivity contribution in [3.8, 4) is 6.07 Å². The van der Waals surface area contributed by atoms with Gasteiger partial charge in [0.25, 0.3) is 5.91 Å². The quantitative estimate of drug-likeness (QED) is 0.471. The van der Waals surface area contributed by atoms with E-state index in [1.54, 1.807) is 18.0 Å². The van der Waals surface area contributed by atoms with Crippen molar-refractivity contribution in [2.24, 2.45) is 0 Å². The molecule has 5 nitrogen and oxygen atoms in total. The van der Waals surface area contributed by atoms with Gasteiger partial charge in [0.05, 0.1) is 6.10 Å². The number of aryl methyl sites for hydroxylation is 1. The minimum atomic E-state index is -0.278. The van der Waals surface area contributed by atoms with E-state index in [1.807, 2.05) is 44.2 Å². The lowest BCUT2D eigenvalue weighted by molar-refractivity contribution is -0.125. The van der Waals surface area contributed by atoms with Gasteiger partial charge in [0.2, 0.25) is 0 Å². The Hall–Kier alpha value is -2.36. The van der Waals surface area contributed by atoms with E-state index in [-0.39, 0.29) is 17.6 Å². The van der Waals surface area contributed by atoms with E-state index in [0.29, 0.717) is 6.54 Å². The fraction of sp³-hybridized carbons (Fsp3) is 0.391. The van der Waals surface area contributed by atoms with Crippen molar-refractivity contribution in [3.63, 3.8) is 0 Å². The minimum Gasteiger partial charge on any atom is -0.376 e. The van der Waals surface area contributed by atoms with Crippen molar-refractivity contribution < 1.29 is 9.53 Å². The maximum Gasteiger partial charge on any atom is 0.264 e. The molecule has 0 radical (unpaired) electrons. The smallest absolute Gasteiger partial charge is 0.264 e. The lowest BCUT2D eigenvalue weighted by Gasteiger charge is -2.17. The van der Waals surface area contributed by atoms with Crippen LogP contribution in [0.1, 0.15) is 35.4 Å². The molecule has 0 bridgehead atoms. The van der Waals surface area contributed by atoms with Gasteiger partial charge in [0.15, 0.2) is 0 Å². The van der Waals surface area contributed by atoms with Crippen molar-refractivity contribution >= 4 is 27.9 Å². The molecule has 1 atom stereocenters. The first-order valence-electron chi connectivity index (χ1n) is 9.79. The van der Waals surface area contributed by atoms with Crippen molar-refractivity contribution in [1.29, 1.82) is 5.26 Å². The second-order valence-electron chi connectivity index (χ2n) is 7.53. The summed E-state index contributed by atoms with van der Waals surface area (Å²) in [6, 6.07) is 11.9. The molecule has 1 fully saturated rings. The van der Waals surface area contributed by atoms with Crippen LogP contribution in [0.2, 0.25) is 0 Å². The predicted molar refractivity (Wildman–Crippen MR) is 117 cm³/mol. The number of benzene rings is 1. The molecule has 2 aromatic rings. The average Bonchev–Trinajstić information content (AvgIpc) is 3.31. The fourth-order valence-electron chi connectivity index (χ4n) is 3.69. The molecule has 1 aliphatic rings. The van der Waals surface area contributed by atoms with Crippen LogP contribution in [0.3, 0.4) is 0 Å². The highest BCUT2D eigenvalue weighted by atomic mass is 79.9. The molecule has 1 unspecified atom stereocenters. The Bertz CT molecular complexity index is 948. The van der Waals surface area contributed by atoms with Crippen molar-refractivity contribution in [2.45, 2.75) is 45.9 Å². The lowest BCUT2D eigenvalue weighted by atomic mass is 10.1. The number of carbonyl (C=O) groups is 1. The van der Waals surface area contributed by atoms with Gasteiger partial charge in [-0.2, -0.15) is 5.26 Å². The first-order valence-corrected chi connectivity index (χ1v) is 10.6. The Balaban J connectivity index is 1.77. The number of likely N-dealkylation sites (N-methyl/N-ethyl adjacent to an activating group) is 1. The Labute approximate surface area is 180 Å². The molecule has 1 aromatic carbocycles. The van der Waals surface area contributed by atoms with Gasteiger partial charge in [-0.15, -0.1) is 0 Å². The van der Waals surface area contributed by atoms with Crippen LogP contribution < -0.4 is 0 Å². The zero-order valence-corrected chi connectivity index (χ0v) is 18.7. The lowest BCUT2D eigenvalue weighted by Crippen LogP contribution is -2.27. The molecule has 0 N–H and O–H groups in total. The van der Waals surface area contributed by atoms with Crippen molar-refractivity contribution in [2.75, 3.05) is 13.7 Å². The van der Waals surface area contributed by atoms with Crippen LogP contribution in [0.4, 0.5) is 0 Å². The summed E-state index contributed by atoms with van der Waals surface area (Å²) in [6.45, 7) is 6.16. The standard InChI is InChI=1S/C23H26BrN3O2/c1-16-11-19(17(2)27(16)15-22-5-4-10-29-22)12-20(13-25)23(28)26(3)14-18-6-8-21(24)9-7-18/h6-9,11-12,22H,4-5,10,14-15H2,1-3H3/b20-12+. The van der Waals surface area contributed by atoms with Crippen LogP contribution in [-0.2, 0) is 22.6 Å². The third-order valence-electron chi connectivity index (χ3n) is 5.35. The van der Waals surface area contributed by atoms with Crippen LogP contribution in [-0.4, -0.2) is 35.1 Å². The highest BCUT2D eigenvalue weighted by Crippen LogP contribution is 2.22. The van der Waals surface area contributed by atoms with Crippen LogP contribution in [0.25, 0.3) is 6.08 Å². The summed E-state index contributed by atoms with van der Waals surface area (Å²) in [5, 5.41) is 9.61. The molecule has 1 amide bonds. The Morgan fingerprint density at radius 3 is 2.72 bits per heavy atom. The third kappa shape index (κ3) is 5.17. The van der Waals surface area contributed by atoms with E-state index in [9.17, 15) is 10.1 Å². The average molecular weight is 456 g/mol. The van der Waals surface area contributed by atoms with Crippen molar-refractivity contribution in [1.82, 2.24) is 9.47 Å². The van der Waals surface area contributed by atoms with Gasteiger partial charge in [-0.25, -0.2) is 0 Å². The molecular formula is C23H26BrN3O2. The second kappa shape index (κ2) is 9.43. The first-order chi connectivity index (χ1) is 13.9. The Morgan fingerprint density at radius 2 is 2.10 bits per heavy atom. The molecule has 3 rings (SSSR count). The molecule has 1 aromatic heterocycles. The van der Waals surface area contributed by atoms with Gasteiger partial charge in [-0.05, 0) is 62.1 Å². The number of carbonyl (C=O) groups excluding carboxylic acids is 1. The number of nitriles is 1. The van der Waals surface area contributed by atoms with Crippen LogP contribution >= 0.6 is 15.9 Å². The van der Waals surface area contributed by atoms with Gasteiger partial charge in [0, 0.05) is 42.6 Å². The summed E-state index contributed by atoms with van der Waals surface area (Å²) in [4.78, 5) is 14.4. The summed E-state index contributed by atoms with van der Waals surface area (Å²) in [7, 11) is 1.72. The molecule has 0 aliphatic carbocycles. The SMILES string of the molecule is Cc1cc(/C=C(\C#N)C(=O)N(C)Cc2ccc(Br)cc2)c(C)n1CC1CCCO1. The maximum atomic E-state index is 12.8. The molecule has 1 saturated heterocycles. The number of nitrogens with zero attached hydrogens (tertiary/aromatic N) is 3. The predicted octanol–water partition coefficient (Wildman–Crippen LogP) is 4.61. The summed E-state index contributed by atoms with van der Waals surface area (Å²) in [5.74, 6) is -0.278. The zero-order chi connectivity index (χ0) is 21.0. The molecule has 0 saturated carbocycles. The molecule has 29 heavy (non-hydrogen) atoms. The highest BCUT2D eigenvalue weighted by molar-refractivity contribution is 9.10. The Kier molecular flexibility index (Phi) is 6.94. The number of rotatable bonds is 6. The Morgan fingerprint density at radius 1 is 1.38 bits per heavy atom. The third-order valence-corrected chi connectivity index (χ3v) is 5.88. The monoisotopic (exact) mass is 455 g/mol. The summed E-state index contributed by atoms with van der Waals surface area (Å²) >= 11 is 3.41. The number of hydrogen-bond acceptors (Lipinski definition) is 3. The van der Waals surface area contributed by atoms with Gasteiger partial charge < -0.3 is 14.2 Å². The van der Waals surface area contributed by atoms with Crippen LogP contribution in [0, 0.1) is 25.2 Å². The molecule has 152 valence electrons. The van der Waals surface area contributed by atoms with E-state index in [0.717, 1.165) is 53.0 Å². The summed E-state index contributed by atoms with van der Waals surface area (Å²) in [6.07, 6.45) is 4.12. The van der Waals surface area contributed by atoms with Crippen LogP contribution in [0.5, 0.6) is 0 Å². The topological polar surface area (TPSA) is 58.3 Å². The fourth-order valence-corrected chi connectivity index (χ4v) is 3.95. The van der Waals surface area contributed by atoms with Gasteiger partial charge in [0.1, 0.15) is 11.6 Å². The van der Waals surface area contributed by atoms with Crippen LogP contribution in [0.15, 0.2) is 40.4 Å². The molecule has 2 heterocycles. The molecule has 1 aliphatic heterocycles. The van der Waals surface area contributed by atoms with E-state index in [1.165, 1.54) is 0 Å². The largest absolute Gasteiger partial charge is 0.376 e. The molecule has 6 heteroatoms. The minimum absolute atomic E-state index is 0.141. The second-order valence-corrected chi connectivity index (χ2v) is 8.45. The van der Waals surface area contributed by atoms with E-state index in [4.69, 9.17) is 4.74 Å². The van der Waals surface area contributed by atoms with Crippen molar-refractivity contribution in [3.05, 3.63) is 62.9 Å². The van der Waals surface area contributed by atoms with Gasteiger partial charge in [-0.3, -0.25) is 4.79 Å². The number of aromatic nitrogens is 1.